The molecule has 0 aliphatic rings. The molecule has 1 unspecified atom stereocenters. The quantitative estimate of drug-likeness (QED) is 0.796. The van der Waals surface area contributed by atoms with Crippen molar-refractivity contribution in [3.05, 3.63) is 16.1 Å². The number of thiazole rings is 1. The van der Waals surface area contributed by atoms with Crippen LogP contribution in [0.2, 0.25) is 0 Å². The first-order valence-electron chi connectivity index (χ1n) is 5.76. The van der Waals surface area contributed by atoms with Crippen molar-refractivity contribution in [3.8, 4) is 0 Å². The van der Waals surface area contributed by atoms with Gasteiger partial charge in [0.15, 0.2) is 0 Å². The number of hydrogen-bond donors (Lipinski definition) is 1. The van der Waals surface area contributed by atoms with Crippen molar-refractivity contribution < 1.29 is 4.74 Å². The van der Waals surface area contributed by atoms with Crippen molar-refractivity contribution in [3.63, 3.8) is 0 Å². The third-order valence-electron chi connectivity index (χ3n) is 2.75. The average molecular weight is 242 g/mol. The molecular formula is C12H22N2OS. The van der Waals surface area contributed by atoms with E-state index >= 15 is 0 Å². The van der Waals surface area contributed by atoms with E-state index < -0.39 is 0 Å². The molecule has 16 heavy (non-hydrogen) atoms. The summed E-state index contributed by atoms with van der Waals surface area (Å²) in [7, 11) is 1.75. The average Bonchev–Trinajstić information content (AvgIpc) is 2.63. The Morgan fingerprint density at radius 1 is 1.50 bits per heavy atom. The lowest BCUT2D eigenvalue weighted by Gasteiger charge is -2.21. The van der Waals surface area contributed by atoms with Gasteiger partial charge in [-0.1, -0.05) is 13.8 Å². The van der Waals surface area contributed by atoms with Gasteiger partial charge in [0.25, 0.3) is 0 Å². The summed E-state index contributed by atoms with van der Waals surface area (Å²) in [6.45, 7) is 8.28. The largest absolute Gasteiger partial charge is 0.383 e. The van der Waals surface area contributed by atoms with E-state index in [1.807, 2.05) is 5.51 Å². The van der Waals surface area contributed by atoms with Crippen LogP contribution in [0.15, 0.2) is 5.51 Å². The van der Waals surface area contributed by atoms with E-state index in [-0.39, 0.29) is 0 Å². The molecule has 4 heteroatoms. The standard InChI is InChI=1S/C12H22N2OS/c1-9(2)11(7-15-4)13-6-5-12-10(3)14-8-16-12/h8-9,11,13H,5-7H2,1-4H3. The molecule has 0 saturated carbocycles. The predicted molar refractivity (Wildman–Crippen MR) is 69.1 cm³/mol. The monoisotopic (exact) mass is 242 g/mol. The first-order chi connectivity index (χ1) is 7.65. The Labute approximate surface area is 102 Å². The van der Waals surface area contributed by atoms with E-state index in [4.69, 9.17) is 4.74 Å². The lowest BCUT2D eigenvalue weighted by atomic mass is 10.1. The fourth-order valence-electron chi connectivity index (χ4n) is 1.60. The Kier molecular flexibility index (Phi) is 5.95. The van der Waals surface area contributed by atoms with E-state index in [1.165, 1.54) is 10.6 Å². The summed E-state index contributed by atoms with van der Waals surface area (Å²) in [5.74, 6) is 0.600. The van der Waals surface area contributed by atoms with Gasteiger partial charge < -0.3 is 10.1 Å². The molecule has 1 heterocycles. The molecule has 0 radical (unpaired) electrons. The van der Waals surface area contributed by atoms with Gasteiger partial charge in [0.1, 0.15) is 0 Å². The zero-order chi connectivity index (χ0) is 12.0. The molecule has 3 nitrogen and oxygen atoms in total. The fourth-order valence-corrected chi connectivity index (χ4v) is 2.39. The first-order valence-corrected chi connectivity index (χ1v) is 6.64. The zero-order valence-corrected chi connectivity index (χ0v) is 11.4. The minimum Gasteiger partial charge on any atom is -0.383 e. The number of hydrogen-bond acceptors (Lipinski definition) is 4. The molecule has 92 valence electrons. The molecule has 0 spiro atoms. The Bertz CT molecular complexity index is 299. The number of aromatic nitrogens is 1. The van der Waals surface area contributed by atoms with Crippen molar-refractivity contribution in [1.29, 1.82) is 0 Å². The third kappa shape index (κ3) is 4.20. The molecule has 0 amide bonds. The number of nitrogens with zero attached hydrogens (tertiary/aromatic N) is 1. The maximum atomic E-state index is 5.20. The SMILES string of the molecule is COCC(NCCc1scnc1C)C(C)C. The van der Waals surface area contributed by atoms with Crippen molar-refractivity contribution in [2.75, 3.05) is 20.3 Å². The lowest BCUT2D eigenvalue weighted by molar-refractivity contribution is 0.147. The molecule has 1 rings (SSSR count). The second-order valence-corrected chi connectivity index (χ2v) is 5.31. The summed E-state index contributed by atoms with van der Waals surface area (Å²) in [5.41, 5.74) is 3.08. The number of nitrogens with one attached hydrogen (secondary N) is 1. The van der Waals surface area contributed by atoms with Crippen LogP contribution in [0.4, 0.5) is 0 Å². The maximum absolute atomic E-state index is 5.20. The van der Waals surface area contributed by atoms with Crippen LogP contribution < -0.4 is 5.32 Å². The van der Waals surface area contributed by atoms with E-state index in [2.05, 4.69) is 31.1 Å². The Hall–Kier alpha value is -0.450. The summed E-state index contributed by atoms with van der Waals surface area (Å²) >= 11 is 1.74. The molecule has 0 bridgehead atoms. The van der Waals surface area contributed by atoms with Crippen LogP contribution >= 0.6 is 11.3 Å². The van der Waals surface area contributed by atoms with Gasteiger partial charge in [-0.3, -0.25) is 0 Å². The van der Waals surface area contributed by atoms with Crippen LogP contribution in [-0.2, 0) is 11.2 Å². The lowest BCUT2D eigenvalue weighted by Crippen LogP contribution is -2.38. The van der Waals surface area contributed by atoms with E-state index in [0.29, 0.717) is 12.0 Å². The van der Waals surface area contributed by atoms with Crippen molar-refractivity contribution in [1.82, 2.24) is 10.3 Å². The van der Waals surface area contributed by atoms with Gasteiger partial charge in [-0.05, 0) is 19.3 Å². The molecule has 0 saturated heterocycles. The van der Waals surface area contributed by atoms with E-state index in [9.17, 15) is 0 Å². The molecule has 1 atom stereocenters. The molecule has 1 N–H and O–H groups in total. The summed E-state index contributed by atoms with van der Waals surface area (Å²) in [6.07, 6.45) is 1.06. The highest BCUT2D eigenvalue weighted by Crippen LogP contribution is 2.12. The van der Waals surface area contributed by atoms with Crippen LogP contribution in [0, 0.1) is 12.8 Å². The second kappa shape index (κ2) is 6.99. The summed E-state index contributed by atoms with van der Waals surface area (Å²) in [4.78, 5) is 5.63. The van der Waals surface area contributed by atoms with Crippen molar-refractivity contribution in [2.24, 2.45) is 5.92 Å². The summed E-state index contributed by atoms with van der Waals surface area (Å²) < 4.78 is 5.20. The molecule has 0 aromatic carbocycles. The third-order valence-corrected chi connectivity index (χ3v) is 3.75. The van der Waals surface area contributed by atoms with Crippen LogP contribution in [-0.4, -0.2) is 31.3 Å². The first kappa shape index (κ1) is 13.6. The number of aryl methyl sites for hydroxylation is 1. The minimum absolute atomic E-state index is 0.443. The normalized spacial score (nSPS) is 13.3. The molecule has 0 aliphatic carbocycles. The van der Waals surface area contributed by atoms with Crippen LogP contribution in [0.5, 0.6) is 0 Å². The van der Waals surface area contributed by atoms with Gasteiger partial charge in [-0.15, -0.1) is 11.3 Å². The van der Waals surface area contributed by atoms with Gasteiger partial charge in [-0.2, -0.15) is 0 Å². The molecule has 1 aromatic heterocycles. The Balaban J connectivity index is 2.30. The molecule has 0 aliphatic heterocycles. The highest BCUT2D eigenvalue weighted by molar-refractivity contribution is 7.09. The zero-order valence-electron chi connectivity index (χ0n) is 10.6. The predicted octanol–water partition coefficient (Wildman–Crippen LogP) is 2.25. The smallest absolute Gasteiger partial charge is 0.0797 e. The molecule has 0 fully saturated rings. The summed E-state index contributed by atoms with van der Waals surface area (Å²) in [6, 6.07) is 0.443. The fraction of sp³-hybridized carbons (Fsp3) is 0.750. The minimum atomic E-state index is 0.443. The number of methoxy groups -OCH3 is 1. The van der Waals surface area contributed by atoms with Gasteiger partial charge in [0, 0.05) is 24.6 Å². The highest BCUT2D eigenvalue weighted by Gasteiger charge is 2.12. The Morgan fingerprint density at radius 2 is 2.25 bits per heavy atom. The van der Waals surface area contributed by atoms with Gasteiger partial charge in [0.2, 0.25) is 0 Å². The van der Waals surface area contributed by atoms with Crippen LogP contribution in [0.25, 0.3) is 0 Å². The Morgan fingerprint density at radius 3 is 2.75 bits per heavy atom. The van der Waals surface area contributed by atoms with Gasteiger partial charge in [-0.25, -0.2) is 4.98 Å². The number of rotatable bonds is 7. The van der Waals surface area contributed by atoms with E-state index in [1.54, 1.807) is 18.4 Å². The van der Waals surface area contributed by atoms with Crippen molar-refractivity contribution in [2.45, 2.75) is 33.2 Å². The summed E-state index contributed by atoms with van der Waals surface area (Å²) in [5, 5.41) is 3.54. The van der Waals surface area contributed by atoms with Gasteiger partial charge >= 0.3 is 0 Å². The van der Waals surface area contributed by atoms with E-state index in [0.717, 1.165) is 19.6 Å². The van der Waals surface area contributed by atoms with Gasteiger partial charge in [0.05, 0.1) is 17.8 Å². The topological polar surface area (TPSA) is 34.1 Å². The molecular weight excluding hydrogens is 220 g/mol. The molecule has 1 aromatic rings. The number of ether oxygens (including phenoxy) is 1. The highest BCUT2D eigenvalue weighted by atomic mass is 32.1. The second-order valence-electron chi connectivity index (χ2n) is 4.37. The van der Waals surface area contributed by atoms with Crippen LogP contribution in [0.1, 0.15) is 24.4 Å². The van der Waals surface area contributed by atoms with Crippen molar-refractivity contribution >= 4 is 11.3 Å². The maximum Gasteiger partial charge on any atom is 0.0797 e. The van der Waals surface area contributed by atoms with Crippen LogP contribution in [0.3, 0.4) is 0 Å².